The van der Waals surface area contributed by atoms with E-state index in [0.717, 1.165) is 16.7 Å². The highest BCUT2D eigenvalue weighted by Gasteiger charge is 2.38. The molecule has 41 heavy (non-hydrogen) atoms. The van der Waals surface area contributed by atoms with Gasteiger partial charge >= 0.3 is 0 Å². The highest BCUT2D eigenvalue weighted by Crippen LogP contribution is 2.33. The van der Waals surface area contributed by atoms with Crippen molar-refractivity contribution in [1.82, 2.24) is 9.58 Å². The summed E-state index contributed by atoms with van der Waals surface area (Å²) in [5, 5.41) is 12.4. The maximum atomic E-state index is 13.9. The molecule has 3 aromatic carbocycles. The van der Waals surface area contributed by atoms with Crippen molar-refractivity contribution in [3.05, 3.63) is 135 Å². The van der Waals surface area contributed by atoms with Gasteiger partial charge in [0, 0.05) is 19.7 Å². The fourth-order valence-electron chi connectivity index (χ4n) is 4.93. The van der Waals surface area contributed by atoms with E-state index in [-0.39, 0.29) is 36.7 Å². The molecule has 0 bridgehead atoms. The Morgan fingerprint density at radius 1 is 0.854 bits per heavy atom. The molecule has 1 aliphatic rings. The first kappa shape index (κ1) is 29.6. The summed E-state index contributed by atoms with van der Waals surface area (Å²) in [5.41, 5.74) is 2.78. The molecule has 0 saturated carbocycles. The predicted molar refractivity (Wildman–Crippen MR) is 159 cm³/mol. The van der Waals surface area contributed by atoms with E-state index in [2.05, 4.69) is 0 Å². The zero-order chi connectivity index (χ0) is 29.2. The fourth-order valence-corrected chi connectivity index (χ4v) is 4.93. The topological polar surface area (TPSA) is 84.2 Å². The van der Waals surface area contributed by atoms with E-state index in [0.29, 0.717) is 18.8 Å². The number of aliphatic hydroxyl groups excluding tert-OH is 1. The van der Waals surface area contributed by atoms with Gasteiger partial charge in [-0.25, -0.2) is 4.68 Å². The van der Waals surface area contributed by atoms with Crippen molar-refractivity contribution in [2.75, 3.05) is 31.9 Å². The molecule has 1 N–H and O–H groups in total. The van der Waals surface area contributed by atoms with Crippen LogP contribution in [0.15, 0.2) is 102 Å². The fraction of sp³-hybridized carbons (Fsp3) is 0.273. The van der Waals surface area contributed by atoms with Gasteiger partial charge in [-0.15, -0.1) is 0 Å². The first-order chi connectivity index (χ1) is 20.1. The minimum Gasteiger partial charge on any atom is -0.482 e. The van der Waals surface area contributed by atoms with Gasteiger partial charge in [-0.1, -0.05) is 105 Å². The normalized spacial score (nSPS) is 12.6. The molecule has 1 aromatic heterocycles. The van der Waals surface area contributed by atoms with Crippen LogP contribution in [-0.4, -0.2) is 47.5 Å². The molecular weight excluding hydrogens is 518 g/mol. The van der Waals surface area contributed by atoms with E-state index in [1.165, 1.54) is 6.07 Å². The van der Waals surface area contributed by atoms with E-state index >= 15 is 0 Å². The number of rotatable bonds is 10. The number of nitrogens with zero attached hydrogens (tertiary/aromatic N) is 3. The van der Waals surface area contributed by atoms with Crippen LogP contribution in [0.2, 0.25) is 0 Å². The Bertz CT molecular complexity index is 1420. The maximum Gasteiger partial charge on any atom is 0.277 e. The summed E-state index contributed by atoms with van der Waals surface area (Å²) in [6.45, 7) is 4.54. The molecule has 214 valence electrons. The summed E-state index contributed by atoms with van der Waals surface area (Å²) in [4.78, 5) is 28.9. The minimum absolute atomic E-state index is 0.0481. The van der Waals surface area contributed by atoms with Crippen LogP contribution in [0.1, 0.15) is 52.8 Å². The first-order valence-electron chi connectivity index (χ1n) is 13.8. The molecular formula is C33H37N3O5. The van der Waals surface area contributed by atoms with Crippen molar-refractivity contribution in [3.63, 3.8) is 0 Å². The number of hydrogen-bond donors (Lipinski definition) is 1. The lowest BCUT2D eigenvalue weighted by Crippen LogP contribution is -2.57. The van der Waals surface area contributed by atoms with Crippen molar-refractivity contribution in [3.8, 4) is 5.75 Å². The van der Waals surface area contributed by atoms with Crippen LogP contribution in [-0.2, 0) is 18.0 Å². The number of carbonyl (C=O) groups excluding carboxylic acids is 1. The lowest BCUT2D eigenvalue weighted by atomic mass is 9.98. The predicted octanol–water partition coefficient (Wildman–Crippen LogP) is 4.73. The van der Waals surface area contributed by atoms with E-state index < -0.39 is 12.0 Å². The lowest BCUT2D eigenvalue weighted by molar-refractivity contribution is 0.0605. The molecule has 2 heterocycles. The number of aliphatic hydroxyl groups is 1. The van der Waals surface area contributed by atoms with Crippen molar-refractivity contribution >= 4 is 5.91 Å². The van der Waals surface area contributed by atoms with Crippen LogP contribution in [0.5, 0.6) is 5.75 Å². The lowest BCUT2D eigenvalue weighted by Gasteiger charge is -2.45. The number of pyridine rings is 1. The Balaban J connectivity index is 0.00000189. The van der Waals surface area contributed by atoms with Gasteiger partial charge in [-0.3, -0.25) is 14.6 Å². The summed E-state index contributed by atoms with van der Waals surface area (Å²) >= 11 is 0. The summed E-state index contributed by atoms with van der Waals surface area (Å²) < 4.78 is 13.0. The third-order valence-electron chi connectivity index (χ3n) is 6.76. The van der Waals surface area contributed by atoms with E-state index in [1.807, 2.05) is 110 Å². The average Bonchev–Trinajstić information content (AvgIpc) is 3.03. The first-order valence-corrected chi connectivity index (χ1v) is 13.8. The number of carbonyl (C=O) groups is 1. The highest BCUT2D eigenvalue weighted by molar-refractivity contribution is 5.96. The maximum absolute atomic E-state index is 13.9. The van der Waals surface area contributed by atoms with Gasteiger partial charge in [-0.05, 0) is 16.7 Å². The van der Waals surface area contributed by atoms with Gasteiger partial charge in [0.05, 0.1) is 24.9 Å². The number of aromatic nitrogens is 1. The SMILES string of the molecule is CC.COCCN1CN(C(c2ccccc2)c2ccccc2)n2c(CO)cc(=O)c(OCc3ccccc3)c2C1=O. The third-order valence-corrected chi connectivity index (χ3v) is 6.76. The summed E-state index contributed by atoms with van der Waals surface area (Å²) in [7, 11) is 1.58. The number of methoxy groups -OCH3 is 1. The van der Waals surface area contributed by atoms with Crippen LogP contribution in [0, 0.1) is 0 Å². The molecule has 0 radical (unpaired) electrons. The number of hydrogen-bond acceptors (Lipinski definition) is 6. The summed E-state index contributed by atoms with van der Waals surface area (Å²) in [5.74, 6) is -0.410. The Labute approximate surface area is 241 Å². The van der Waals surface area contributed by atoms with Gasteiger partial charge in [0.15, 0.2) is 11.4 Å². The van der Waals surface area contributed by atoms with Crippen LogP contribution in [0.3, 0.4) is 0 Å². The van der Waals surface area contributed by atoms with Crippen LogP contribution < -0.4 is 15.2 Å². The molecule has 1 aliphatic heterocycles. The van der Waals surface area contributed by atoms with Crippen molar-refractivity contribution in [2.45, 2.75) is 33.1 Å². The molecule has 0 unspecified atom stereocenters. The van der Waals surface area contributed by atoms with Crippen LogP contribution in [0.25, 0.3) is 0 Å². The molecule has 0 saturated heterocycles. The molecule has 0 fully saturated rings. The Hall–Kier alpha value is -4.40. The highest BCUT2D eigenvalue weighted by atomic mass is 16.5. The molecule has 1 amide bonds. The number of benzene rings is 3. The van der Waals surface area contributed by atoms with Crippen molar-refractivity contribution < 1.29 is 19.4 Å². The van der Waals surface area contributed by atoms with Crippen LogP contribution >= 0.6 is 0 Å². The molecule has 0 aliphatic carbocycles. The molecule has 0 atom stereocenters. The Morgan fingerprint density at radius 2 is 1.41 bits per heavy atom. The van der Waals surface area contributed by atoms with Gasteiger partial charge in [0.1, 0.15) is 13.3 Å². The van der Waals surface area contributed by atoms with Crippen molar-refractivity contribution in [1.29, 1.82) is 0 Å². The molecule has 4 aromatic rings. The zero-order valence-corrected chi connectivity index (χ0v) is 23.8. The number of amides is 1. The standard InChI is InChI=1S/C31H31N3O5.C2H6/c1-38-18-17-32-22-33(28(24-13-7-3-8-14-24)25-15-9-4-10-16-25)34-26(20-35)19-27(36)30(29(34)31(32)37)39-21-23-11-5-2-6-12-23;1-2/h2-16,19,28,35H,17-18,20-22H2,1H3;1-2H3. The minimum atomic E-state index is -0.459. The molecule has 5 rings (SSSR count). The Kier molecular flexibility index (Phi) is 10.3. The molecule has 8 nitrogen and oxygen atoms in total. The second-order valence-corrected chi connectivity index (χ2v) is 9.29. The van der Waals surface area contributed by atoms with Gasteiger partial charge in [-0.2, -0.15) is 0 Å². The summed E-state index contributed by atoms with van der Waals surface area (Å²) in [6.07, 6.45) is 0. The summed E-state index contributed by atoms with van der Waals surface area (Å²) in [6, 6.07) is 30.4. The number of ether oxygens (including phenoxy) is 2. The zero-order valence-electron chi connectivity index (χ0n) is 23.8. The van der Waals surface area contributed by atoms with Crippen molar-refractivity contribution in [2.24, 2.45) is 0 Å². The van der Waals surface area contributed by atoms with E-state index in [1.54, 1.807) is 16.7 Å². The monoisotopic (exact) mass is 555 g/mol. The van der Waals surface area contributed by atoms with E-state index in [9.17, 15) is 14.7 Å². The van der Waals surface area contributed by atoms with Gasteiger partial charge < -0.3 is 19.5 Å². The van der Waals surface area contributed by atoms with E-state index in [4.69, 9.17) is 9.47 Å². The van der Waals surface area contributed by atoms with Crippen LogP contribution in [0.4, 0.5) is 0 Å². The largest absolute Gasteiger partial charge is 0.482 e. The second-order valence-electron chi connectivity index (χ2n) is 9.29. The average molecular weight is 556 g/mol. The molecule has 8 heteroatoms. The quantitative estimate of drug-likeness (QED) is 0.305. The molecule has 0 spiro atoms. The number of fused-ring (bicyclic) bond motifs is 1. The second kappa shape index (κ2) is 14.3. The third kappa shape index (κ3) is 6.51. The Morgan fingerprint density at radius 3 is 1.95 bits per heavy atom. The van der Waals surface area contributed by atoms with Gasteiger partial charge in [0.25, 0.3) is 5.91 Å². The van der Waals surface area contributed by atoms with Gasteiger partial charge in [0.2, 0.25) is 5.43 Å². The smallest absolute Gasteiger partial charge is 0.277 e.